The molecule has 0 amide bonds. The lowest BCUT2D eigenvalue weighted by molar-refractivity contribution is 0.102. The van der Waals surface area contributed by atoms with Crippen LogP contribution in [0.3, 0.4) is 0 Å². The number of carbonyl (C=O) groups is 1. The first-order chi connectivity index (χ1) is 12.1. The number of benzene rings is 2. The number of ketones is 1. The Balaban J connectivity index is 1.77. The first-order valence-corrected chi connectivity index (χ1v) is 9.05. The van der Waals surface area contributed by atoms with Crippen LogP contribution in [-0.4, -0.2) is 26.3 Å². The molecule has 25 heavy (non-hydrogen) atoms. The predicted octanol–water partition coefficient (Wildman–Crippen LogP) is 4.73. The molecule has 0 bridgehead atoms. The topological polar surface area (TPSA) is 47.8 Å². The van der Waals surface area contributed by atoms with Gasteiger partial charge in [-0.2, -0.15) is 0 Å². The highest BCUT2D eigenvalue weighted by Crippen LogP contribution is 2.25. The van der Waals surface area contributed by atoms with Crippen molar-refractivity contribution in [3.05, 3.63) is 64.9 Å². The van der Waals surface area contributed by atoms with Crippen LogP contribution in [0.5, 0.6) is 0 Å². The number of rotatable bonds is 6. The van der Waals surface area contributed by atoms with E-state index in [0.29, 0.717) is 22.3 Å². The molecule has 1 heterocycles. The molecule has 0 radical (unpaired) electrons. The standard InChI is InChI=1S/C18H15ClFN3OS/c1-2-23-17(12-6-8-14(19)9-7-12)21-22-18(23)25-11-16(24)13-4-3-5-15(20)10-13/h3-10H,2,11H2,1H3. The van der Waals surface area contributed by atoms with E-state index in [1.54, 1.807) is 18.2 Å². The van der Waals surface area contributed by atoms with Crippen molar-refractivity contribution < 1.29 is 9.18 Å². The molecule has 3 rings (SSSR count). The van der Waals surface area contributed by atoms with Crippen molar-refractivity contribution >= 4 is 29.1 Å². The monoisotopic (exact) mass is 375 g/mol. The number of Topliss-reactive ketones (excluding diaryl/α,β-unsaturated/α-hetero) is 1. The third-order valence-corrected chi connectivity index (χ3v) is 4.83. The normalized spacial score (nSPS) is 10.8. The second-order valence-electron chi connectivity index (χ2n) is 5.28. The molecule has 0 unspecified atom stereocenters. The van der Waals surface area contributed by atoms with Gasteiger partial charge < -0.3 is 4.57 Å². The summed E-state index contributed by atoms with van der Waals surface area (Å²) in [4.78, 5) is 12.2. The van der Waals surface area contributed by atoms with E-state index in [0.717, 1.165) is 11.4 Å². The van der Waals surface area contributed by atoms with Crippen molar-refractivity contribution in [3.8, 4) is 11.4 Å². The summed E-state index contributed by atoms with van der Waals surface area (Å²) in [6, 6.07) is 13.0. The highest BCUT2D eigenvalue weighted by Gasteiger charge is 2.15. The number of hydrogen-bond acceptors (Lipinski definition) is 4. The zero-order valence-electron chi connectivity index (χ0n) is 13.4. The molecule has 0 aliphatic rings. The molecule has 0 spiro atoms. The summed E-state index contributed by atoms with van der Waals surface area (Å²) in [6.07, 6.45) is 0. The van der Waals surface area contributed by atoms with E-state index in [1.165, 1.54) is 30.0 Å². The van der Waals surface area contributed by atoms with Gasteiger partial charge >= 0.3 is 0 Å². The molecule has 0 aliphatic heterocycles. The van der Waals surface area contributed by atoms with Crippen molar-refractivity contribution in [2.45, 2.75) is 18.6 Å². The SMILES string of the molecule is CCn1c(SCC(=O)c2cccc(F)c2)nnc1-c1ccc(Cl)cc1. The quantitative estimate of drug-likeness (QED) is 0.461. The summed E-state index contributed by atoms with van der Waals surface area (Å²) in [5.74, 6) is 0.322. The van der Waals surface area contributed by atoms with Crippen LogP contribution in [0.2, 0.25) is 5.02 Å². The van der Waals surface area contributed by atoms with Gasteiger partial charge in [0.25, 0.3) is 0 Å². The van der Waals surface area contributed by atoms with Crippen LogP contribution >= 0.6 is 23.4 Å². The molecule has 0 saturated carbocycles. The summed E-state index contributed by atoms with van der Waals surface area (Å²) in [5, 5.41) is 9.72. The second kappa shape index (κ2) is 7.80. The number of nitrogens with zero attached hydrogens (tertiary/aromatic N) is 3. The van der Waals surface area contributed by atoms with Crippen molar-refractivity contribution in [1.29, 1.82) is 0 Å². The molecule has 7 heteroatoms. The molecule has 4 nitrogen and oxygen atoms in total. The Labute approximate surface area is 154 Å². The fraction of sp³-hybridized carbons (Fsp3) is 0.167. The number of thioether (sulfide) groups is 1. The summed E-state index contributed by atoms with van der Waals surface area (Å²) in [6.45, 7) is 2.66. The van der Waals surface area contributed by atoms with Gasteiger partial charge in [-0.1, -0.05) is 35.5 Å². The first kappa shape index (κ1) is 17.6. The zero-order valence-corrected chi connectivity index (χ0v) is 15.0. The molecule has 0 fully saturated rings. The maximum Gasteiger partial charge on any atom is 0.191 e. The number of aromatic nitrogens is 3. The molecule has 0 aliphatic carbocycles. The number of carbonyl (C=O) groups excluding carboxylic acids is 1. The van der Waals surface area contributed by atoms with Crippen LogP contribution in [0.25, 0.3) is 11.4 Å². The highest BCUT2D eigenvalue weighted by molar-refractivity contribution is 7.99. The molecule has 0 atom stereocenters. The van der Waals surface area contributed by atoms with E-state index in [1.807, 2.05) is 23.6 Å². The Morgan fingerprint density at radius 3 is 2.64 bits per heavy atom. The van der Waals surface area contributed by atoms with Gasteiger partial charge in [0.15, 0.2) is 16.8 Å². The van der Waals surface area contributed by atoms with Crippen molar-refractivity contribution in [2.75, 3.05) is 5.75 Å². The van der Waals surface area contributed by atoms with E-state index in [2.05, 4.69) is 10.2 Å². The lowest BCUT2D eigenvalue weighted by atomic mass is 10.1. The van der Waals surface area contributed by atoms with Crippen molar-refractivity contribution in [3.63, 3.8) is 0 Å². The van der Waals surface area contributed by atoms with Gasteiger partial charge in [0, 0.05) is 22.7 Å². The van der Waals surface area contributed by atoms with Crippen molar-refractivity contribution in [2.24, 2.45) is 0 Å². The van der Waals surface area contributed by atoms with Gasteiger partial charge in [-0.05, 0) is 43.3 Å². The molecule has 128 valence electrons. The van der Waals surface area contributed by atoms with Gasteiger partial charge in [-0.15, -0.1) is 10.2 Å². The average Bonchev–Trinajstić information content (AvgIpc) is 3.03. The predicted molar refractivity (Wildman–Crippen MR) is 97.6 cm³/mol. The first-order valence-electron chi connectivity index (χ1n) is 7.69. The maximum absolute atomic E-state index is 13.2. The minimum Gasteiger partial charge on any atom is -0.302 e. The van der Waals surface area contributed by atoms with Crippen LogP contribution in [0.15, 0.2) is 53.7 Å². The van der Waals surface area contributed by atoms with E-state index < -0.39 is 5.82 Å². The van der Waals surface area contributed by atoms with E-state index in [9.17, 15) is 9.18 Å². The molecule has 0 N–H and O–H groups in total. The lowest BCUT2D eigenvalue weighted by Gasteiger charge is -2.07. The molecular weight excluding hydrogens is 361 g/mol. The van der Waals surface area contributed by atoms with E-state index in [-0.39, 0.29) is 11.5 Å². The van der Waals surface area contributed by atoms with Crippen LogP contribution in [0.4, 0.5) is 4.39 Å². The fourth-order valence-electron chi connectivity index (χ4n) is 2.37. The molecule has 1 aromatic heterocycles. The largest absolute Gasteiger partial charge is 0.302 e. The van der Waals surface area contributed by atoms with Gasteiger partial charge in [-0.3, -0.25) is 4.79 Å². The van der Waals surface area contributed by atoms with Gasteiger partial charge in [-0.25, -0.2) is 4.39 Å². The third-order valence-electron chi connectivity index (χ3n) is 3.61. The summed E-state index contributed by atoms with van der Waals surface area (Å²) in [7, 11) is 0. The minimum absolute atomic E-state index is 0.150. The van der Waals surface area contributed by atoms with Gasteiger partial charge in [0.1, 0.15) is 5.82 Å². The Hall–Kier alpha value is -2.18. The Kier molecular flexibility index (Phi) is 5.50. The number of halogens is 2. The smallest absolute Gasteiger partial charge is 0.191 e. The van der Waals surface area contributed by atoms with Crippen LogP contribution in [-0.2, 0) is 6.54 Å². The number of hydrogen-bond donors (Lipinski definition) is 0. The van der Waals surface area contributed by atoms with Crippen LogP contribution < -0.4 is 0 Å². The van der Waals surface area contributed by atoms with Crippen LogP contribution in [0.1, 0.15) is 17.3 Å². The van der Waals surface area contributed by atoms with Crippen LogP contribution in [0, 0.1) is 5.82 Å². The highest BCUT2D eigenvalue weighted by atomic mass is 35.5. The van der Waals surface area contributed by atoms with Crippen molar-refractivity contribution in [1.82, 2.24) is 14.8 Å². The van der Waals surface area contributed by atoms with Gasteiger partial charge in [0.2, 0.25) is 0 Å². The summed E-state index contributed by atoms with van der Waals surface area (Å²) in [5.41, 5.74) is 1.26. The molecule has 0 saturated heterocycles. The lowest BCUT2D eigenvalue weighted by Crippen LogP contribution is -2.05. The summed E-state index contributed by atoms with van der Waals surface area (Å²) < 4.78 is 15.2. The molecule has 2 aromatic carbocycles. The van der Waals surface area contributed by atoms with E-state index in [4.69, 9.17) is 11.6 Å². The Morgan fingerprint density at radius 2 is 1.96 bits per heavy atom. The Morgan fingerprint density at radius 1 is 1.20 bits per heavy atom. The third kappa shape index (κ3) is 4.08. The molecule has 3 aromatic rings. The van der Waals surface area contributed by atoms with Gasteiger partial charge in [0.05, 0.1) is 5.75 Å². The molecular formula is C18H15ClFN3OS. The minimum atomic E-state index is -0.419. The fourth-order valence-corrected chi connectivity index (χ4v) is 3.39. The summed E-state index contributed by atoms with van der Waals surface area (Å²) >= 11 is 7.21. The van der Waals surface area contributed by atoms with E-state index >= 15 is 0 Å². The maximum atomic E-state index is 13.2. The second-order valence-corrected chi connectivity index (χ2v) is 6.66. The Bertz CT molecular complexity index is 896. The average molecular weight is 376 g/mol. The zero-order chi connectivity index (χ0) is 17.8.